The highest BCUT2D eigenvalue weighted by Gasteiger charge is 2.40. The van der Waals surface area contributed by atoms with E-state index in [0.29, 0.717) is 18.4 Å². The van der Waals surface area contributed by atoms with Crippen molar-refractivity contribution in [1.82, 2.24) is 0 Å². The maximum absolute atomic E-state index is 14.0. The van der Waals surface area contributed by atoms with Crippen LogP contribution in [0, 0.1) is 0 Å². The minimum atomic E-state index is -0.525. The van der Waals surface area contributed by atoms with Gasteiger partial charge in [-0.2, -0.15) is 0 Å². The zero-order valence-electron chi connectivity index (χ0n) is 22.5. The Kier molecular flexibility index (Phi) is 7.23. The van der Waals surface area contributed by atoms with Crippen molar-refractivity contribution in [3.05, 3.63) is 95.2 Å². The summed E-state index contributed by atoms with van der Waals surface area (Å²) in [5.41, 5.74) is 6.37. The summed E-state index contributed by atoms with van der Waals surface area (Å²) in [6, 6.07) is 23.5. The first-order valence-corrected chi connectivity index (χ1v) is 13.4. The van der Waals surface area contributed by atoms with Crippen LogP contribution < -0.4 is 19.9 Å². The average molecular weight is 510 g/mol. The predicted molar refractivity (Wildman–Crippen MR) is 153 cm³/mol. The summed E-state index contributed by atoms with van der Waals surface area (Å²) in [7, 11) is 1.63. The van der Waals surface area contributed by atoms with Crippen LogP contribution in [0.1, 0.15) is 56.7 Å². The third kappa shape index (κ3) is 4.67. The largest absolute Gasteiger partial charge is 0.497 e. The highest BCUT2D eigenvalue weighted by Crippen LogP contribution is 2.47. The summed E-state index contributed by atoms with van der Waals surface area (Å²) < 4.78 is 5.37. The second kappa shape index (κ2) is 10.7. The van der Waals surface area contributed by atoms with E-state index in [-0.39, 0.29) is 17.6 Å². The molecule has 38 heavy (non-hydrogen) atoms. The fraction of sp³-hybridized carbons (Fsp3) is 0.312. The molecule has 0 bridgehead atoms. The predicted octanol–water partition coefficient (Wildman–Crippen LogP) is 6.46. The maximum atomic E-state index is 14.0. The van der Waals surface area contributed by atoms with Crippen LogP contribution >= 0.6 is 0 Å². The van der Waals surface area contributed by atoms with E-state index in [9.17, 15) is 9.59 Å². The van der Waals surface area contributed by atoms with Crippen LogP contribution in [0.2, 0.25) is 0 Å². The summed E-state index contributed by atoms with van der Waals surface area (Å²) in [5, 5.41) is 3.58. The Labute approximate surface area is 224 Å². The van der Waals surface area contributed by atoms with Gasteiger partial charge in [-0.3, -0.25) is 14.5 Å². The molecule has 6 nitrogen and oxygen atoms in total. The van der Waals surface area contributed by atoms with E-state index in [0.717, 1.165) is 47.0 Å². The van der Waals surface area contributed by atoms with Crippen molar-refractivity contribution in [2.24, 2.45) is 0 Å². The van der Waals surface area contributed by atoms with Gasteiger partial charge in [0.15, 0.2) is 5.78 Å². The van der Waals surface area contributed by atoms with Gasteiger partial charge >= 0.3 is 0 Å². The Morgan fingerprint density at radius 3 is 2.24 bits per heavy atom. The summed E-state index contributed by atoms with van der Waals surface area (Å²) in [4.78, 5) is 31.2. The number of nitrogens with zero attached hydrogens (tertiary/aromatic N) is 2. The molecule has 1 aliphatic carbocycles. The Bertz CT molecular complexity index is 1360. The van der Waals surface area contributed by atoms with Crippen LogP contribution in [-0.4, -0.2) is 31.9 Å². The van der Waals surface area contributed by atoms with Crippen LogP contribution in [0.5, 0.6) is 5.75 Å². The van der Waals surface area contributed by atoms with E-state index < -0.39 is 6.04 Å². The van der Waals surface area contributed by atoms with Gasteiger partial charge in [0.25, 0.3) is 0 Å². The number of Topliss-reactive ketones (excluding diaryl/α,β-unsaturated/α-hetero) is 1. The maximum Gasteiger partial charge on any atom is 0.224 e. The Morgan fingerprint density at radius 2 is 1.61 bits per heavy atom. The van der Waals surface area contributed by atoms with Crippen molar-refractivity contribution in [3.63, 3.8) is 0 Å². The van der Waals surface area contributed by atoms with E-state index in [1.165, 1.54) is 5.69 Å². The van der Waals surface area contributed by atoms with E-state index in [1.807, 2.05) is 48.5 Å². The number of ether oxygens (including phenoxy) is 1. The highest BCUT2D eigenvalue weighted by molar-refractivity contribution is 6.06. The summed E-state index contributed by atoms with van der Waals surface area (Å²) in [6.07, 6.45) is 1.10. The summed E-state index contributed by atoms with van der Waals surface area (Å²) >= 11 is 0. The molecule has 1 heterocycles. The van der Waals surface area contributed by atoms with E-state index in [4.69, 9.17) is 4.74 Å². The average Bonchev–Trinajstić information content (AvgIpc) is 3.09. The van der Waals surface area contributed by atoms with Gasteiger partial charge < -0.3 is 15.0 Å². The molecule has 1 N–H and O–H groups in total. The molecule has 0 radical (unpaired) electrons. The van der Waals surface area contributed by atoms with E-state index >= 15 is 0 Å². The van der Waals surface area contributed by atoms with Crippen LogP contribution in [0.15, 0.2) is 84.1 Å². The third-order valence-corrected chi connectivity index (χ3v) is 7.75. The van der Waals surface area contributed by atoms with E-state index in [2.05, 4.69) is 48.3 Å². The molecule has 2 aliphatic rings. The lowest BCUT2D eigenvalue weighted by atomic mass is 9.78. The normalized spacial score (nSPS) is 18.7. The molecular weight excluding hydrogens is 474 g/mol. The number of allylic oxidation sites excluding steroid dienone is 1. The Hall–Kier alpha value is -4.06. The number of methoxy groups -OCH3 is 1. The molecule has 2 atom stereocenters. The number of fused-ring (bicyclic) bond motifs is 1. The summed E-state index contributed by atoms with van der Waals surface area (Å²) in [5.74, 6) is 0.743. The molecule has 1 amide bonds. The van der Waals surface area contributed by atoms with E-state index in [1.54, 1.807) is 18.9 Å². The molecule has 1 aliphatic heterocycles. The van der Waals surface area contributed by atoms with Gasteiger partial charge in [0.2, 0.25) is 5.91 Å². The van der Waals surface area contributed by atoms with Crippen molar-refractivity contribution in [1.29, 1.82) is 0 Å². The van der Waals surface area contributed by atoms with Crippen molar-refractivity contribution < 1.29 is 14.3 Å². The number of carbonyl (C=O) groups is 2. The number of amides is 1. The van der Waals surface area contributed by atoms with Gasteiger partial charge in [0.1, 0.15) is 5.75 Å². The fourth-order valence-corrected chi connectivity index (χ4v) is 5.82. The minimum absolute atomic E-state index is 0.0621. The van der Waals surface area contributed by atoms with Gasteiger partial charge in [-0.15, -0.1) is 0 Å². The van der Waals surface area contributed by atoms with Crippen LogP contribution in [-0.2, 0) is 9.59 Å². The molecule has 0 spiro atoms. The standard InChI is InChI=1S/C32H35N3O3/c1-5-34(6-2)25-15-11-22(12-16-25)24-19-28-31(30(37)20-24)32(23-13-17-26(38-4)18-14-23)35(21(3)36)29-10-8-7-9-27(29)33-28/h7-18,24,32-33H,5-6,19-20H2,1-4H3/t24-,32+/m1/s1. The van der Waals surface area contributed by atoms with Gasteiger partial charge in [-0.05, 0) is 73.7 Å². The van der Waals surface area contributed by atoms with Crippen LogP contribution in [0.4, 0.5) is 17.1 Å². The second-order valence-electron chi connectivity index (χ2n) is 9.89. The number of hydrogen-bond acceptors (Lipinski definition) is 5. The number of para-hydroxylation sites is 2. The van der Waals surface area contributed by atoms with Gasteiger partial charge in [-0.25, -0.2) is 0 Å². The lowest BCUT2D eigenvalue weighted by Crippen LogP contribution is -2.37. The molecule has 0 aromatic heterocycles. The molecule has 5 rings (SSSR count). The number of rotatable bonds is 6. The molecule has 3 aromatic carbocycles. The minimum Gasteiger partial charge on any atom is -0.497 e. The lowest BCUT2D eigenvalue weighted by molar-refractivity contribution is -0.117. The number of benzene rings is 3. The highest BCUT2D eigenvalue weighted by atomic mass is 16.5. The second-order valence-corrected chi connectivity index (χ2v) is 9.89. The topological polar surface area (TPSA) is 61.9 Å². The quantitative estimate of drug-likeness (QED) is 0.413. The van der Waals surface area contributed by atoms with Crippen LogP contribution in [0.25, 0.3) is 0 Å². The molecule has 0 unspecified atom stereocenters. The lowest BCUT2D eigenvalue weighted by Gasteiger charge is -2.34. The molecule has 6 heteroatoms. The number of ketones is 1. The van der Waals surface area contributed by atoms with Gasteiger partial charge in [0, 0.05) is 43.4 Å². The molecular formula is C32H35N3O3. The Morgan fingerprint density at radius 1 is 0.947 bits per heavy atom. The molecule has 0 saturated carbocycles. The van der Waals surface area contributed by atoms with Crippen molar-refractivity contribution in [3.8, 4) is 5.75 Å². The molecule has 196 valence electrons. The monoisotopic (exact) mass is 509 g/mol. The Balaban J connectivity index is 1.59. The molecule has 0 saturated heterocycles. The van der Waals surface area contributed by atoms with Crippen molar-refractivity contribution >= 4 is 28.8 Å². The first-order chi connectivity index (χ1) is 18.4. The van der Waals surface area contributed by atoms with Gasteiger partial charge in [0.05, 0.1) is 24.5 Å². The zero-order chi connectivity index (χ0) is 26.8. The number of carbonyl (C=O) groups excluding carboxylic acids is 2. The third-order valence-electron chi connectivity index (χ3n) is 7.75. The summed E-state index contributed by atoms with van der Waals surface area (Å²) in [6.45, 7) is 7.79. The molecule has 0 fully saturated rings. The van der Waals surface area contributed by atoms with Crippen molar-refractivity contribution in [2.75, 3.05) is 35.3 Å². The molecule has 3 aromatic rings. The van der Waals surface area contributed by atoms with Gasteiger partial charge in [-0.1, -0.05) is 36.4 Å². The number of anilines is 3. The first kappa shape index (κ1) is 25.6. The number of hydrogen-bond donors (Lipinski definition) is 1. The fourth-order valence-electron chi connectivity index (χ4n) is 5.82. The number of nitrogens with one attached hydrogen (secondary N) is 1. The SMILES string of the molecule is CCN(CC)c1ccc([C@H]2CC(=O)C3=C(C2)Nc2ccccc2N(C(C)=O)[C@H]3c2ccc(OC)cc2)cc1. The van der Waals surface area contributed by atoms with Crippen LogP contribution in [0.3, 0.4) is 0 Å². The first-order valence-electron chi connectivity index (χ1n) is 13.4. The van der Waals surface area contributed by atoms with Crippen molar-refractivity contribution in [2.45, 2.75) is 45.6 Å². The zero-order valence-corrected chi connectivity index (χ0v) is 22.5. The smallest absolute Gasteiger partial charge is 0.224 e.